The van der Waals surface area contributed by atoms with Gasteiger partial charge in [-0.3, -0.25) is 9.59 Å². The van der Waals surface area contributed by atoms with Crippen molar-refractivity contribution in [1.82, 2.24) is 15.1 Å². The number of rotatable bonds is 6. The second-order valence-electron chi connectivity index (χ2n) is 5.74. The topological polar surface area (TPSA) is 64.0 Å². The van der Waals surface area contributed by atoms with Gasteiger partial charge in [-0.05, 0) is 38.8 Å². The van der Waals surface area contributed by atoms with Gasteiger partial charge in [0.05, 0.1) is 11.7 Å². The maximum atomic E-state index is 12.2. The fraction of sp³-hybridized carbons (Fsp3) is 0.471. The molecule has 1 unspecified atom stereocenters. The number of nitrogens with zero attached hydrogens (tertiary/aromatic N) is 2. The summed E-state index contributed by atoms with van der Waals surface area (Å²) < 4.78 is 1.43. The summed E-state index contributed by atoms with van der Waals surface area (Å²) in [5, 5.41) is 8.02. The first-order chi connectivity index (χ1) is 10.5. The van der Waals surface area contributed by atoms with Gasteiger partial charge in [0.1, 0.15) is 0 Å². The molecular weight excluding hydrogens is 278 g/mol. The van der Waals surface area contributed by atoms with E-state index in [9.17, 15) is 9.59 Å². The molecule has 1 amide bonds. The zero-order chi connectivity index (χ0) is 16.1. The molecule has 2 rings (SSSR count). The minimum absolute atomic E-state index is 0.00287. The van der Waals surface area contributed by atoms with E-state index in [-0.39, 0.29) is 17.9 Å². The highest BCUT2D eigenvalue weighted by Gasteiger charge is 2.12. The van der Waals surface area contributed by atoms with E-state index in [1.54, 1.807) is 6.20 Å². The Kier molecular flexibility index (Phi) is 5.31. The Bertz CT molecular complexity index is 676. The van der Waals surface area contributed by atoms with Crippen LogP contribution in [0, 0.1) is 6.92 Å². The highest BCUT2D eigenvalue weighted by Crippen LogP contribution is 2.16. The lowest BCUT2D eigenvalue weighted by molar-refractivity contribution is -0.121. The van der Waals surface area contributed by atoms with Crippen LogP contribution in [0.25, 0.3) is 10.9 Å². The molecule has 0 aliphatic carbocycles. The van der Waals surface area contributed by atoms with Crippen molar-refractivity contribution in [1.29, 1.82) is 0 Å². The second kappa shape index (κ2) is 7.20. The van der Waals surface area contributed by atoms with E-state index in [2.05, 4.69) is 10.4 Å². The summed E-state index contributed by atoms with van der Waals surface area (Å²) in [7, 11) is 0. The highest BCUT2D eigenvalue weighted by atomic mass is 16.2. The molecule has 1 heterocycles. The molecular formula is C17H23N3O2. The van der Waals surface area contributed by atoms with Crippen LogP contribution in [-0.4, -0.2) is 27.6 Å². The van der Waals surface area contributed by atoms with E-state index in [4.69, 9.17) is 0 Å². The molecule has 0 spiro atoms. The molecule has 5 heteroatoms. The summed E-state index contributed by atoms with van der Waals surface area (Å²) in [6.45, 7) is 6.01. The Morgan fingerprint density at radius 1 is 1.32 bits per heavy atom. The van der Waals surface area contributed by atoms with Crippen LogP contribution < -0.4 is 5.32 Å². The van der Waals surface area contributed by atoms with Crippen LogP contribution in [0.3, 0.4) is 0 Å². The first kappa shape index (κ1) is 16.2. The smallest absolute Gasteiger partial charge is 0.247 e. The van der Waals surface area contributed by atoms with Crippen molar-refractivity contribution >= 4 is 22.7 Å². The number of fused-ring (bicyclic) bond motifs is 1. The maximum absolute atomic E-state index is 12.2. The predicted molar refractivity (Wildman–Crippen MR) is 86.8 cm³/mol. The summed E-state index contributed by atoms with van der Waals surface area (Å²) >= 11 is 0. The van der Waals surface area contributed by atoms with Gasteiger partial charge in [0.15, 0.2) is 0 Å². The average Bonchev–Trinajstić information content (AvgIpc) is 2.89. The number of aryl methyl sites for hydroxylation is 1. The summed E-state index contributed by atoms with van der Waals surface area (Å²) in [5.41, 5.74) is 1.96. The molecule has 0 aliphatic heterocycles. The van der Waals surface area contributed by atoms with Crippen molar-refractivity contribution in [3.05, 3.63) is 30.0 Å². The van der Waals surface area contributed by atoms with Crippen LogP contribution in [-0.2, 0) is 4.79 Å². The van der Waals surface area contributed by atoms with Gasteiger partial charge in [-0.15, -0.1) is 0 Å². The van der Waals surface area contributed by atoms with Gasteiger partial charge < -0.3 is 5.32 Å². The van der Waals surface area contributed by atoms with Crippen LogP contribution in [0.4, 0.5) is 0 Å². The van der Waals surface area contributed by atoms with Crippen LogP contribution in [0.5, 0.6) is 0 Å². The number of nitrogens with one attached hydrogen (secondary N) is 1. The van der Waals surface area contributed by atoms with Gasteiger partial charge in [0.25, 0.3) is 0 Å². The molecule has 2 aromatic rings. The lowest BCUT2D eigenvalue weighted by Gasteiger charge is -2.10. The minimum Gasteiger partial charge on any atom is -0.354 e. The zero-order valence-electron chi connectivity index (χ0n) is 13.4. The third-order valence-corrected chi connectivity index (χ3v) is 3.77. The molecule has 0 bridgehead atoms. The zero-order valence-corrected chi connectivity index (χ0v) is 13.4. The van der Waals surface area contributed by atoms with E-state index in [0.29, 0.717) is 19.3 Å². The molecule has 0 saturated carbocycles. The highest BCUT2D eigenvalue weighted by molar-refractivity contribution is 5.91. The van der Waals surface area contributed by atoms with E-state index in [1.165, 1.54) is 4.68 Å². The van der Waals surface area contributed by atoms with Crippen LogP contribution >= 0.6 is 0 Å². The fourth-order valence-electron chi connectivity index (χ4n) is 2.31. The van der Waals surface area contributed by atoms with Crippen molar-refractivity contribution in [2.24, 2.45) is 0 Å². The minimum atomic E-state index is -0.0739. The quantitative estimate of drug-likeness (QED) is 0.891. The SMILES string of the molecule is CCC(C)NC(=O)CCCC(=O)n1ncc2cc(C)ccc21. The average molecular weight is 301 g/mol. The molecule has 0 aliphatic rings. The maximum Gasteiger partial charge on any atom is 0.247 e. The molecule has 0 saturated heterocycles. The molecule has 5 nitrogen and oxygen atoms in total. The van der Waals surface area contributed by atoms with Gasteiger partial charge in [-0.1, -0.05) is 18.6 Å². The summed E-state index contributed by atoms with van der Waals surface area (Å²) in [6, 6.07) is 6.06. The lowest BCUT2D eigenvalue weighted by atomic mass is 10.2. The third kappa shape index (κ3) is 3.93. The molecule has 1 N–H and O–H groups in total. The molecule has 22 heavy (non-hydrogen) atoms. The van der Waals surface area contributed by atoms with E-state index in [0.717, 1.165) is 22.9 Å². The van der Waals surface area contributed by atoms with Crippen molar-refractivity contribution in [3.8, 4) is 0 Å². The first-order valence-corrected chi connectivity index (χ1v) is 7.78. The van der Waals surface area contributed by atoms with E-state index in [1.807, 2.05) is 39.0 Å². The van der Waals surface area contributed by atoms with Crippen molar-refractivity contribution in [2.75, 3.05) is 0 Å². The number of aromatic nitrogens is 2. The van der Waals surface area contributed by atoms with Gasteiger partial charge in [-0.2, -0.15) is 5.10 Å². The Morgan fingerprint density at radius 2 is 2.09 bits per heavy atom. The van der Waals surface area contributed by atoms with Crippen LogP contribution in [0.2, 0.25) is 0 Å². The predicted octanol–water partition coefficient (Wildman–Crippen LogP) is 3.07. The van der Waals surface area contributed by atoms with Gasteiger partial charge >= 0.3 is 0 Å². The van der Waals surface area contributed by atoms with Gasteiger partial charge in [-0.25, -0.2) is 4.68 Å². The number of benzene rings is 1. The van der Waals surface area contributed by atoms with Crippen molar-refractivity contribution < 1.29 is 9.59 Å². The standard InChI is InChI=1S/C17H23N3O2/c1-4-13(3)19-16(21)6-5-7-17(22)20-15-9-8-12(2)10-14(15)11-18-20/h8-11,13H,4-7H2,1-3H3,(H,19,21). The van der Waals surface area contributed by atoms with E-state index < -0.39 is 0 Å². The van der Waals surface area contributed by atoms with Crippen LogP contribution in [0.15, 0.2) is 24.4 Å². The first-order valence-electron chi connectivity index (χ1n) is 7.78. The molecule has 1 aromatic heterocycles. The molecule has 1 aromatic carbocycles. The summed E-state index contributed by atoms with van der Waals surface area (Å²) in [5.74, 6) is -0.0710. The Labute approximate surface area is 130 Å². The lowest BCUT2D eigenvalue weighted by Crippen LogP contribution is -2.31. The number of carbonyl (C=O) groups excluding carboxylic acids is 2. The van der Waals surface area contributed by atoms with Gasteiger partial charge in [0, 0.05) is 24.3 Å². The van der Waals surface area contributed by atoms with Gasteiger partial charge in [0.2, 0.25) is 11.8 Å². The second-order valence-corrected chi connectivity index (χ2v) is 5.74. The molecule has 0 radical (unpaired) electrons. The van der Waals surface area contributed by atoms with Crippen LogP contribution in [0.1, 0.15) is 49.9 Å². The van der Waals surface area contributed by atoms with E-state index >= 15 is 0 Å². The number of carbonyl (C=O) groups is 2. The Morgan fingerprint density at radius 3 is 2.82 bits per heavy atom. The summed E-state index contributed by atoms with van der Waals surface area (Å²) in [6.07, 6.45) is 3.83. The Balaban J connectivity index is 1.90. The number of amides is 1. The normalized spacial score (nSPS) is 12.3. The summed E-state index contributed by atoms with van der Waals surface area (Å²) in [4.78, 5) is 23.9. The molecule has 1 atom stereocenters. The molecule has 118 valence electrons. The monoisotopic (exact) mass is 301 g/mol. The fourth-order valence-corrected chi connectivity index (χ4v) is 2.31. The largest absolute Gasteiger partial charge is 0.354 e. The molecule has 0 fully saturated rings. The third-order valence-electron chi connectivity index (χ3n) is 3.77. The van der Waals surface area contributed by atoms with Crippen molar-refractivity contribution in [3.63, 3.8) is 0 Å². The number of hydrogen-bond acceptors (Lipinski definition) is 3. The van der Waals surface area contributed by atoms with Crippen molar-refractivity contribution in [2.45, 2.75) is 52.5 Å². The number of hydrogen-bond donors (Lipinski definition) is 1. The Hall–Kier alpha value is -2.17.